The summed E-state index contributed by atoms with van der Waals surface area (Å²) in [5.74, 6) is -1.16. The number of amides is 1. The van der Waals surface area contributed by atoms with Crippen LogP contribution in [0, 0.1) is 0 Å². The van der Waals surface area contributed by atoms with E-state index in [1.165, 1.54) is 12.1 Å². The highest BCUT2D eigenvalue weighted by atomic mass is 35.5. The van der Waals surface area contributed by atoms with Crippen LogP contribution < -0.4 is 5.32 Å². The van der Waals surface area contributed by atoms with Crippen molar-refractivity contribution in [3.8, 4) is 0 Å². The highest BCUT2D eigenvalue weighted by Crippen LogP contribution is 2.29. The number of nitrogens with one attached hydrogen (secondary N) is 1. The lowest BCUT2D eigenvalue weighted by atomic mass is 10.1. The second-order valence-electron chi connectivity index (χ2n) is 5.69. The number of halogens is 1. The van der Waals surface area contributed by atoms with E-state index in [-0.39, 0.29) is 11.3 Å². The van der Waals surface area contributed by atoms with Crippen molar-refractivity contribution in [1.29, 1.82) is 0 Å². The van der Waals surface area contributed by atoms with Gasteiger partial charge in [-0.2, -0.15) is 0 Å². The quantitative estimate of drug-likeness (QED) is 0.224. The molecular weight excluding hydrogens is 368 g/mol. The predicted octanol–water partition coefficient (Wildman–Crippen LogP) is 5.10. The maximum atomic E-state index is 12.7. The average Bonchev–Trinajstić information content (AvgIpc) is 2.67. The van der Waals surface area contributed by atoms with E-state index in [4.69, 9.17) is 21.9 Å². The molecule has 27 heavy (non-hydrogen) atoms. The van der Waals surface area contributed by atoms with Gasteiger partial charge in [0.15, 0.2) is 0 Å². The third kappa shape index (κ3) is 5.74. The molecule has 140 valence electrons. The number of carbonyl (C=O) groups is 2. The molecule has 0 aliphatic carbocycles. The van der Waals surface area contributed by atoms with Gasteiger partial charge in [0.1, 0.15) is 0 Å². The smallest absolute Gasteiger partial charge is 0.339 e. The molecule has 0 aliphatic heterocycles. The molecule has 1 unspecified atom stereocenters. The Morgan fingerprint density at radius 3 is 2.59 bits per heavy atom. The Labute approximate surface area is 161 Å². The summed E-state index contributed by atoms with van der Waals surface area (Å²) in [6.45, 7) is 2.45. The monoisotopic (exact) mass is 386 g/mol. The second kappa shape index (κ2) is 10.2. The summed E-state index contributed by atoms with van der Waals surface area (Å²) < 4.78 is 5.46. The number of esters is 1. The zero-order valence-corrected chi connectivity index (χ0v) is 15.5. The highest BCUT2D eigenvalue weighted by Gasteiger charge is 2.27. The summed E-state index contributed by atoms with van der Waals surface area (Å²) >= 11 is 5.83. The van der Waals surface area contributed by atoms with Gasteiger partial charge in [0.05, 0.1) is 5.56 Å². The molecule has 2 rings (SSSR count). The van der Waals surface area contributed by atoms with Gasteiger partial charge in [-0.05, 0) is 36.2 Å². The van der Waals surface area contributed by atoms with Crippen molar-refractivity contribution < 1.29 is 14.3 Å². The molecule has 0 saturated carbocycles. The molecule has 2 aromatic carbocycles. The second-order valence-corrected chi connectivity index (χ2v) is 6.12. The number of carbonyl (C=O) groups excluding carboxylic acids is 2. The highest BCUT2D eigenvalue weighted by molar-refractivity contribution is 6.30. The minimum Gasteiger partial charge on any atom is -0.444 e. The zero-order valence-electron chi connectivity index (χ0n) is 14.8. The summed E-state index contributed by atoms with van der Waals surface area (Å²) in [7, 11) is 0. The molecule has 0 aromatic heterocycles. The molecule has 0 spiro atoms. The van der Waals surface area contributed by atoms with Crippen molar-refractivity contribution >= 4 is 29.2 Å². The molecule has 0 aliphatic rings. The van der Waals surface area contributed by atoms with E-state index in [9.17, 15) is 9.59 Å². The van der Waals surface area contributed by atoms with E-state index < -0.39 is 18.0 Å². The summed E-state index contributed by atoms with van der Waals surface area (Å²) in [6.07, 6.45) is 0.457. The van der Waals surface area contributed by atoms with Crippen molar-refractivity contribution in [2.24, 2.45) is 5.11 Å². The molecule has 1 atom stereocenters. The third-order valence-corrected chi connectivity index (χ3v) is 4.00. The molecule has 1 N–H and O–H groups in total. The zero-order chi connectivity index (χ0) is 19.6. The van der Waals surface area contributed by atoms with E-state index >= 15 is 0 Å². The Kier molecular flexibility index (Phi) is 7.67. The first-order valence-corrected chi connectivity index (χ1v) is 8.83. The van der Waals surface area contributed by atoms with Crippen molar-refractivity contribution in [2.45, 2.75) is 25.9 Å². The first-order valence-electron chi connectivity index (χ1n) is 8.45. The van der Waals surface area contributed by atoms with Crippen molar-refractivity contribution in [1.82, 2.24) is 5.32 Å². The van der Waals surface area contributed by atoms with Crippen LogP contribution in [0.2, 0.25) is 5.02 Å². The Morgan fingerprint density at radius 2 is 1.93 bits per heavy atom. The minimum atomic E-state index is -1.24. The normalized spacial score (nSPS) is 11.2. The van der Waals surface area contributed by atoms with Gasteiger partial charge in [-0.15, -0.1) is 0 Å². The van der Waals surface area contributed by atoms with Crippen LogP contribution in [0.4, 0.5) is 5.69 Å². The Hall–Kier alpha value is -3.02. The van der Waals surface area contributed by atoms with E-state index in [0.717, 1.165) is 12.8 Å². The van der Waals surface area contributed by atoms with Crippen LogP contribution in [0.5, 0.6) is 0 Å². The lowest BCUT2D eigenvalue weighted by molar-refractivity contribution is -0.130. The summed E-state index contributed by atoms with van der Waals surface area (Å²) in [6, 6.07) is 12.6. The summed E-state index contributed by atoms with van der Waals surface area (Å²) in [5, 5.41) is 6.82. The fourth-order valence-electron chi connectivity index (χ4n) is 2.35. The predicted molar refractivity (Wildman–Crippen MR) is 103 cm³/mol. The number of hydrogen-bond acceptors (Lipinski definition) is 4. The molecule has 0 radical (unpaired) electrons. The molecule has 7 nitrogen and oxygen atoms in total. The number of azide groups is 1. The molecule has 2 aromatic rings. The van der Waals surface area contributed by atoms with Gasteiger partial charge < -0.3 is 10.1 Å². The lowest BCUT2D eigenvalue weighted by Crippen LogP contribution is -2.33. The van der Waals surface area contributed by atoms with Crippen molar-refractivity contribution in [3.63, 3.8) is 0 Å². The molecular formula is C19H19ClN4O3. The Bertz CT molecular complexity index is 848. The molecule has 1 amide bonds. The first kappa shape index (κ1) is 20.3. The molecule has 0 bridgehead atoms. The molecule has 0 heterocycles. The number of rotatable bonds is 8. The van der Waals surface area contributed by atoms with Crippen LogP contribution in [0.25, 0.3) is 10.4 Å². The van der Waals surface area contributed by atoms with Gasteiger partial charge in [-0.3, -0.25) is 4.79 Å². The number of ether oxygens (including phenoxy) is 1. The maximum Gasteiger partial charge on any atom is 0.339 e. The first-order chi connectivity index (χ1) is 13.1. The van der Waals surface area contributed by atoms with E-state index in [2.05, 4.69) is 15.3 Å². The SMILES string of the molecule is CCCCNC(=O)C(OC(=O)c1ccc(Cl)cc1)c1ccccc1N=[N+]=[N-]. The summed E-state index contributed by atoms with van der Waals surface area (Å²) in [5.41, 5.74) is 9.55. The van der Waals surface area contributed by atoms with Crippen LogP contribution >= 0.6 is 11.6 Å². The maximum absolute atomic E-state index is 12.7. The number of nitrogens with zero attached hydrogens (tertiary/aromatic N) is 3. The van der Waals surface area contributed by atoms with Gasteiger partial charge in [0.2, 0.25) is 6.10 Å². The van der Waals surface area contributed by atoms with Gasteiger partial charge in [0.25, 0.3) is 5.91 Å². The number of unbranched alkanes of at least 4 members (excludes halogenated alkanes) is 1. The van der Waals surface area contributed by atoms with Gasteiger partial charge in [0, 0.05) is 27.7 Å². The van der Waals surface area contributed by atoms with E-state index in [1.807, 2.05) is 6.92 Å². The van der Waals surface area contributed by atoms with E-state index in [1.54, 1.807) is 36.4 Å². The molecule has 8 heteroatoms. The van der Waals surface area contributed by atoms with Crippen LogP contribution in [-0.2, 0) is 9.53 Å². The average molecular weight is 387 g/mol. The lowest BCUT2D eigenvalue weighted by Gasteiger charge is -2.19. The van der Waals surface area contributed by atoms with Crippen LogP contribution in [0.1, 0.15) is 41.8 Å². The minimum absolute atomic E-state index is 0.222. The Balaban J connectivity index is 2.32. The fraction of sp³-hybridized carbons (Fsp3) is 0.263. The summed E-state index contributed by atoms with van der Waals surface area (Å²) in [4.78, 5) is 27.9. The van der Waals surface area contributed by atoms with Crippen LogP contribution in [0.3, 0.4) is 0 Å². The van der Waals surface area contributed by atoms with Crippen molar-refractivity contribution in [2.75, 3.05) is 6.54 Å². The number of benzene rings is 2. The van der Waals surface area contributed by atoms with Crippen LogP contribution in [0.15, 0.2) is 53.6 Å². The number of hydrogen-bond donors (Lipinski definition) is 1. The van der Waals surface area contributed by atoms with Crippen molar-refractivity contribution in [3.05, 3.63) is 75.1 Å². The fourth-order valence-corrected chi connectivity index (χ4v) is 2.47. The van der Waals surface area contributed by atoms with Crippen LogP contribution in [-0.4, -0.2) is 18.4 Å². The van der Waals surface area contributed by atoms with E-state index in [0.29, 0.717) is 17.1 Å². The topological polar surface area (TPSA) is 104 Å². The Morgan fingerprint density at radius 1 is 1.22 bits per heavy atom. The van der Waals surface area contributed by atoms with Gasteiger partial charge in [-0.25, -0.2) is 4.79 Å². The largest absolute Gasteiger partial charge is 0.444 e. The van der Waals surface area contributed by atoms with Gasteiger partial charge >= 0.3 is 5.97 Å². The molecule has 0 saturated heterocycles. The standard InChI is InChI=1S/C19H19ClN4O3/c1-2-3-12-22-18(25)17(15-6-4-5-7-16(15)23-24-21)27-19(26)13-8-10-14(20)11-9-13/h4-11,17H,2-3,12H2,1H3,(H,22,25). The third-order valence-electron chi connectivity index (χ3n) is 3.74. The molecule has 0 fully saturated rings. The van der Waals surface area contributed by atoms with Gasteiger partial charge in [-0.1, -0.05) is 54.3 Å².